The van der Waals surface area contributed by atoms with Crippen molar-refractivity contribution in [3.63, 3.8) is 0 Å². The van der Waals surface area contributed by atoms with E-state index in [9.17, 15) is 14.4 Å². The zero-order valence-electron chi connectivity index (χ0n) is 17.0. The zero-order chi connectivity index (χ0) is 21.3. The van der Waals surface area contributed by atoms with Crippen LogP contribution in [0.15, 0.2) is 24.3 Å². The van der Waals surface area contributed by atoms with E-state index in [-0.39, 0.29) is 24.8 Å². The molecule has 7 nitrogen and oxygen atoms in total. The minimum Gasteiger partial charge on any atom is -0.462 e. The molecule has 0 spiro atoms. The highest BCUT2D eigenvalue weighted by molar-refractivity contribution is 7.17. The van der Waals surface area contributed by atoms with Crippen LogP contribution in [0.25, 0.3) is 0 Å². The molecule has 0 bridgehead atoms. The lowest BCUT2D eigenvalue weighted by atomic mass is 9.88. The standard InChI is InChI=1S/C22H25N3O4S/c1-3-29-22(28)19-13-9-8-12(2)10-17(13)30-21(19)25-18(26)11-16-20(27)24-15-7-5-4-6-14(15)23-16/h4-7,12,16,23H,3,8-11H2,1-2H3,(H,24,27)(H,25,26). The SMILES string of the molecule is CCOC(=O)c1c(NC(=O)CC2Nc3ccccc3NC2=O)sc2c1CCC(C)C2. The minimum atomic E-state index is -0.680. The Kier molecular flexibility index (Phi) is 5.76. The number of hydrogen-bond acceptors (Lipinski definition) is 6. The number of fused-ring (bicyclic) bond motifs is 2. The van der Waals surface area contributed by atoms with Gasteiger partial charge in [-0.1, -0.05) is 19.1 Å². The van der Waals surface area contributed by atoms with Gasteiger partial charge in [0, 0.05) is 4.88 Å². The topological polar surface area (TPSA) is 96.5 Å². The highest BCUT2D eigenvalue weighted by Gasteiger charge is 2.31. The van der Waals surface area contributed by atoms with E-state index in [1.165, 1.54) is 11.3 Å². The molecule has 2 aliphatic rings. The molecule has 2 heterocycles. The van der Waals surface area contributed by atoms with Crippen molar-refractivity contribution >= 4 is 45.5 Å². The van der Waals surface area contributed by atoms with Gasteiger partial charge in [-0.2, -0.15) is 0 Å². The van der Waals surface area contributed by atoms with Gasteiger partial charge in [0.15, 0.2) is 0 Å². The lowest BCUT2D eigenvalue weighted by molar-refractivity contribution is -0.122. The quantitative estimate of drug-likeness (QED) is 0.631. The fourth-order valence-electron chi connectivity index (χ4n) is 3.96. The van der Waals surface area contributed by atoms with Crippen molar-refractivity contribution in [3.8, 4) is 0 Å². The smallest absolute Gasteiger partial charge is 0.341 e. The summed E-state index contributed by atoms with van der Waals surface area (Å²) < 4.78 is 5.25. The first-order chi connectivity index (χ1) is 14.5. The van der Waals surface area contributed by atoms with Crippen molar-refractivity contribution in [2.24, 2.45) is 5.92 Å². The minimum absolute atomic E-state index is 0.0403. The summed E-state index contributed by atoms with van der Waals surface area (Å²) in [7, 11) is 0. The van der Waals surface area contributed by atoms with E-state index in [2.05, 4.69) is 22.9 Å². The molecule has 158 valence electrons. The van der Waals surface area contributed by atoms with Gasteiger partial charge in [-0.25, -0.2) is 4.79 Å². The maximum absolute atomic E-state index is 12.8. The van der Waals surface area contributed by atoms with Crippen LogP contribution in [0, 0.1) is 5.92 Å². The first-order valence-corrected chi connectivity index (χ1v) is 11.1. The molecular weight excluding hydrogens is 402 g/mol. The number of rotatable bonds is 5. The van der Waals surface area contributed by atoms with E-state index in [4.69, 9.17) is 4.74 Å². The molecule has 2 atom stereocenters. The Morgan fingerprint density at radius 2 is 2.03 bits per heavy atom. The number of esters is 1. The number of hydrogen-bond donors (Lipinski definition) is 3. The number of amides is 2. The van der Waals surface area contributed by atoms with Crippen molar-refractivity contribution in [3.05, 3.63) is 40.3 Å². The van der Waals surface area contributed by atoms with Crippen molar-refractivity contribution in [2.45, 2.75) is 45.6 Å². The van der Waals surface area contributed by atoms with Crippen LogP contribution in [0.5, 0.6) is 0 Å². The molecular formula is C22H25N3O4S. The highest BCUT2D eigenvalue weighted by Crippen LogP contribution is 2.40. The molecule has 1 aliphatic heterocycles. The van der Waals surface area contributed by atoms with Gasteiger partial charge in [-0.15, -0.1) is 11.3 Å². The summed E-state index contributed by atoms with van der Waals surface area (Å²) in [6, 6.07) is 6.68. The Balaban J connectivity index is 1.52. The average molecular weight is 428 g/mol. The third-order valence-electron chi connectivity index (χ3n) is 5.46. The second-order valence-electron chi connectivity index (χ2n) is 7.76. The van der Waals surface area contributed by atoms with E-state index < -0.39 is 12.0 Å². The first kappa shape index (κ1) is 20.4. The van der Waals surface area contributed by atoms with Crippen LogP contribution < -0.4 is 16.0 Å². The number of thiophene rings is 1. The number of para-hydroxylation sites is 2. The molecule has 1 aromatic carbocycles. The van der Waals surface area contributed by atoms with Gasteiger partial charge in [-0.3, -0.25) is 9.59 Å². The predicted octanol–water partition coefficient (Wildman–Crippen LogP) is 3.81. The fraction of sp³-hybridized carbons (Fsp3) is 0.409. The van der Waals surface area contributed by atoms with Gasteiger partial charge in [-0.05, 0) is 49.8 Å². The summed E-state index contributed by atoms with van der Waals surface area (Å²) in [6.45, 7) is 4.23. The second-order valence-corrected chi connectivity index (χ2v) is 8.87. The molecule has 2 unspecified atom stereocenters. The van der Waals surface area contributed by atoms with Crippen LogP contribution in [0.3, 0.4) is 0 Å². The largest absolute Gasteiger partial charge is 0.462 e. The van der Waals surface area contributed by atoms with Gasteiger partial charge in [0.1, 0.15) is 11.0 Å². The molecule has 1 aliphatic carbocycles. The molecule has 2 amide bonds. The van der Waals surface area contributed by atoms with Crippen molar-refractivity contribution in [2.75, 3.05) is 22.6 Å². The van der Waals surface area contributed by atoms with E-state index in [0.717, 1.165) is 35.4 Å². The number of carbonyl (C=O) groups excluding carboxylic acids is 3. The van der Waals surface area contributed by atoms with Crippen LogP contribution in [-0.4, -0.2) is 30.4 Å². The van der Waals surface area contributed by atoms with Gasteiger partial charge >= 0.3 is 5.97 Å². The summed E-state index contributed by atoms with van der Waals surface area (Å²) in [5, 5.41) is 9.33. The summed E-state index contributed by atoms with van der Waals surface area (Å²) in [5.41, 5.74) is 2.95. The van der Waals surface area contributed by atoms with Crippen molar-refractivity contribution in [1.29, 1.82) is 0 Å². The number of anilines is 3. The predicted molar refractivity (Wildman–Crippen MR) is 117 cm³/mol. The normalized spacial score (nSPS) is 19.7. The number of nitrogens with one attached hydrogen (secondary N) is 3. The third kappa shape index (κ3) is 4.05. The molecule has 0 fully saturated rings. The maximum Gasteiger partial charge on any atom is 0.341 e. The van der Waals surface area contributed by atoms with Gasteiger partial charge in [0.25, 0.3) is 0 Å². The van der Waals surface area contributed by atoms with Gasteiger partial charge in [0.05, 0.1) is 30.0 Å². The molecule has 4 rings (SSSR count). The van der Waals surface area contributed by atoms with Crippen molar-refractivity contribution in [1.82, 2.24) is 0 Å². The molecule has 0 radical (unpaired) electrons. The monoisotopic (exact) mass is 427 g/mol. The van der Waals surface area contributed by atoms with E-state index in [0.29, 0.717) is 22.2 Å². The summed E-state index contributed by atoms with van der Waals surface area (Å²) >= 11 is 1.45. The fourth-order valence-corrected chi connectivity index (χ4v) is 5.37. The molecule has 1 aromatic heterocycles. The molecule has 0 saturated heterocycles. The molecule has 0 saturated carbocycles. The summed E-state index contributed by atoms with van der Waals surface area (Å²) in [6.07, 6.45) is 2.67. The van der Waals surface area contributed by atoms with Gasteiger partial charge < -0.3 is 20.7 Å². The van der Waals surface area contributed by atoms with Crippen LogP contribution in [0.1, 0.15) is 47.5 Å². The summed E-state index contributed by atoms with van der Waals surface area (Å²) in [5.74, 6) is -0.430. The van der Waals surface area contributed by atoms with E-state index in [1.807, 2.05) is 18.2 Å². The first-order valence-electron chi connectivity index (χ1n) is 10.2. The Bertz CT molecular complexity index is 1000. The van der Waals surface area contributed by atoms with E-state index in [1.54, 1.807) is 13.0 Å². The van der Waals surface area contributed by atoms with Crippen LogP contribution in [-0.2, 0) is 27.2 Å². The van der Waals surface area contributed by atoms with Crippen molar-refractivity contribution < 1.29 is 19.1 Å². The third-order valence-corrected chi connectivity index (χ3v) is 6.63. The highest BCUT2D eigenvalue weighted by atomic mass is 32.1. The van der Waals surface area contributed by atoms with Crippen LogP contribution in [0.2, 0.25) is 0 Å². The zero-order valence-corrected chi connectivity index (χ0v) is 17.9. The lowest BCUT2D eigenvalue weighted by Crippen LogP contribution is -2.41. The van der Waals surface area contributed by atoms with E-state index >= 15 is 0 Å². The number of ether oxygens (including phenoxy) is 1. The molecule has 8 heteroatoms. The molecule has 3 N–H and O–H groups in total. The Morgan fingerprint density at radius 3 is 2.80 bits per heavy atom. The lowest BCUT2D eigenvalue weighted by Gasteiger charge is -2.26. The summed E-state index contributed by atoms with van der Waals surface area (Å²) in [4.78, 5) is 38.9. The Hall–Kier alpha value is -2.87. The molecule has 30 heavy (non-hydrogen) atoms. The Labute approximate surface area is 179 Å². The number of carbonyl (C=O) groups is 3. The average Bonchev–Trinajstić information content (AvgIpc) is 3.05. The maximum atomic E-state index is 12.8. The number of benzene rings is 1. The second kappa shape index (κ2) is 8.47. The van der Waals surface area contributed by atoms with Crippen LogP contribution >= 0.6 is 11.3 Å². The Morgan fingerprint density at radius 1 is 1.27 bits per heavy atom. The van der Waals surface area contributed by atoms with Crippen LogP contribution in [0.4, 0.5) is 16.4 Å². The molecule has 2 aromatic rings. The van der Waals surface area contributed by atoms with Gasteiger partial charge in [0.2, 0.25) is 11.8 Å².